The average Bonchev–Trinajstić information content (AvgIpc) is 3.37. The third-order valence-electron chi connectivity index (χ3n) is 5.61. The Morgan fingerprint density at radius 1 is 1.15 bits per heavy atom. The van der Waals surface area contributed by atoms with Crippen LogP contribution in [0.3, 0.4) is 0 Å². The summed E-state index contributed by atoms with van der Waals surface area (Å²) in [6.45, 7) is 2.44. The van der Waals surface area contributed by atoms with Crippen molar-refractivity contribution in [3.8, 4) is 0 Å². The zero-order chi connectivity index (χ0) is 18.6. The van der Waals surface area contributed by atoms with Crippen molar-refractivity contribution in [2.45, 2.75) is 38.5 Å². The standard InChI is InChI=1S/C22H26N2O2S/c25-21(23-11-10-16-6-2-1-3-7-16)17-8-9-19-18(14-17)15-20(27-19)22(26)24-12-4-5-13-24/h1-3,6-7,15,17H,4-5,8-14H2,(H,23,25)/t17-/m0/s1. The van der Waals surface area contributed by atoms with Crippen LogP contribution in [0, 0.1) is 5.92 Å². The first-order valence-electron chi connectivity index (χ1n) is 9.93. The molecule has 1 aliphatic heterocycles. The molecule has 1 aliphatic carbocycles. The van der Waals surface area contributed by atoms with Gasteiger partial charge >= 0.3 is 0 Å². The molecule has 1 saturated heterocycles. The monoisotopic (exact) mass is 382 g/mol. The summed E-state index contributed by atoms with van der Waals surface area (Å²) in [5.74, 6) is 0.351. The number of carbonyl (C=O) groups is 2. The average molecular weight is 383 g/mol. The maximum absolute atomic E-state index is 12.6. The molecule has 0 bridgehead atoms. The van der Waals surface area contributed by atoms with E-state index in [2.05, 4.69) is 17.4 Å². The molecule has 142 valence electrons. The fraction of sp³-hybridized carbons (Fsp3) is 0.455. The first-order chi connectivity index (χ1) is 13.2. The molecule has 2 amide bonds. The molecule has 1 fully saturated rings. The smallest absolute Gasteiger partial charge is 0.263 e. The highest BCUT2D eigenvalue weighted by Crippen LogP contribution is 2.33. The molecule has 2 aromatic rings. The number of likely N-dealkylation sites (tertiary alicyclic amines) is 1. The quantitative estimate of drug-likeness (QED) is 0.861. The van der Waals surface area contributed by atoms with E-state index in [1.165, 1.54) is 16.0 Å². The fourth-order valence-electron chi connectivity index (χ4n) is 4.05. The molecule has 4 rings (SSSR count). The minimum absolute atomic E-state index is 0.0256. The Balaban J connectivity index is 1.32. The lowest BCUT2D eigenvalue weighted by Crippen LogP contribution is -2.34. The van der Waals surface area contributed by atoms with Gasteiger partial charge in [-0.2, -0.15) is 0 Å². The molecule has 0 saturated carbocycles. The van der Waals surface area contributed by atoms with Crippen LogP contribution in [-0.4, -0.2) is 36.3 Å². The molecular weight excluding hydrogens is 356 g/mol. The van der Waals surface area contributed by atoms with Crippen LogP contribution in [0.1, 0.15) is 44.9 Å². The maximum atomic E-state index is 12.6. The van der Waals surface area contributed by atoms with Gasteiger partial charge in [0, 0.05) is 30.4 Å². The number of hydrogen-bond acceptors (Lipinski definition) is 3. The Morgan fingerprint density at radius 2 is 1.93 bits per heavy atom. The lowest BCUT2D eigenvalue weighted by atomic mass is 9.87. The van der Waals surface area contributed by atoms with E-state index in [0.29, 0.717) is 6.54 Å². The first kappa shape index (κ1) is 18.2. The SMILES string of the molecule is O=C(NCCc1ccccc1)[C@H]1CCc2sc(C(=O)N3CCCC3)cc2C1. The van der Waals surface area contributed by atoms with Crippen LogP contribution in [0.5, 0.6) is 0 Å². The maximum Gasteiger partial charge on any atom is 0.263 e. The molecule has 0 spiro atoms. The highest BCUT2D eigenvalue weighted by Gasteiger charge is 2.28. The number of amides is 2. The molecular formula is C22H26N2O2S. The van der Waals surface area contributed by atoms with E-state index in [1.54, 1.807) is 11.3 Å². The predicted molar refractivity (Wildman–Crippen MR) is 108 cm³/mol. The van der Waals surface area contributed by atoms with E-state index in [4.69, 9.17) is 0 Å². The van der Waals surface area contributed by atoms with Crippen LogP contribution in [0.4, 0.5) is 0 Å². The number of rotatable bonds is 5. The second kappa shape index (κ2) is 8.26. The summed E-state index contributed by atoms with van der Waals surface area (Å²) in [7, 11) is 0. The molecule has 2 aliphatic rings. The zero-order valence-corrected chi connectivity index (χ0v) is 16.4. The number of aryl methyl sites for hydroxylation is 1. The highest BCUT2D eigenvalue weighted by molar-refractivity contribution is 7.14. The largest absolute Gasteiger partial charge is 0.356 e. The van der Waals surface area contributed by atoms with Crippen LogP contribution >= 0.6 is 11.3 Å². The van der Waals surface area contributed by atoms with Gasteiger partial charge in [0.1, 0.15) is 0 Å². The molecule has 1 atom stereocenters. The van der Waals surface area contributed by atoms with Crippen LogP contribution < -0.4 is 5.32 Å². The van der Waals surface area contributed by atoms with Gasteiger partial charge in [0.25, 0.3) is 5.91 Å². The summed E-state index contributed by atoms with van der Waals surface area (Å²) in [5.41, 5.74) is 2.45. The van der Waals surface area contributed by atoms with Gasteiger partial charge in [-0.15, -0.1) is 11.3 Å². The number of nitrogens with zero attached hydrogens (tertiary/aromatic N) is 1. The number of carbonyl (C=O) groups excluding carboxylic acids is 2. The van der Waals surface area contributed by atoms with Crippen molar-refractivity contribution in [2.24, 2.45) is 5.92 Å². The molecule has 1 aromatic carbocycles. The molecule has 0 unspecified atom stereocenters. The van der Waals surface area contributed by atoms with Gasteiger partial charge in [0.15, 0.2) is 0 Å². The van der Waals surface area contributed by atoms with Crippen molar-refractivity contribution in [3.63, 3.8) is 0 Å². The number of nitrogens with one attached hydrogen (secondary N) is 1. The topological polar surface area (TPSA) is 49.4 Å². The van der Waals surface area contributed by atoms with Crippen molar-refractivity contribution in [2.75, 3.05) is 19.6 Å². The second-order valence-corrected chi connectivity index (χ2v) is 8.66. The Bertz CT molecular complexity index is 809. The van der Waals surface area contributed by atoms with Crippen LogP contribution in [0.2, 0.25) is 0 Å². The van der Waals surface area contributed by atoms with E-state index in [9.17, 15) is 9.59 Å². The lowest BCUT2D eigenvalue weighted by Gasteiger charge is -2.21. The summed E-state index contributed by atoms with van der Waals surface area (Å²) in [5, 5.41) is 3.10. The van der Waals surface area contributed by atoms with E-state index >= 15 is 0 Å². The third-order valence-corrected chi connectivity index (χ3v) is 6.84. The van der Waals surface area contributed by atoms with Crippen molar-refractivity contribution in [3.05, 3.63) is 57.3 Å². The van der Waals surface area contributed by atoms with Gasteiger partial charge in [-0.25, -0.2) is 0 Å². The first-order valence-corrected chi connectivity index (χ1v) is 10.7. The number of fused-ring (bicyclic) bond motifs is 1. The van der Waals surface area contributed by atoms with Crippen LogP contribution in [0.15, 0.2) is 36.4 Å². The molecule has 1 N–H and O–H groups in total. The summed E-state index contributed by atoms with van der Waals surface area (Å²) < 4.78 is 0. The van der Waals surface area contributed by atoms with Crippen molar-refractivity contribution in [1.29, 1.82) is 0 Å². The summed E-state index contributed by atoms with van der Waals surface area (Å²) in [6, 6.07) is 12.3. The van der Waals surface area contributed by atoms with Crippen molar-refractivity contribution < 1.29 is 9.59 Å². The van der Waals surface area contributed by atoms with Crippen molar-refractivity contribution in [1.82, 2.24) is 10.2 Å². The summed E-state index contributed by atoms with van der Waals surface area (Å²) in [4.78, 5) is 29.3. The van der Waals surface area contributed by atoms with E-state index in [0.717, 1.165) is 56.5 Å². The number of hydrogen-bond donors (Lipinski definition) is 1. The Morgan fingerprint density at radius 3 is 2.70 bits per heavy atom. The fourth-order valence-corrected chi connectivity index (χ4v) is 5.22. The molecule has 2 heterocycles. The minimum Gasteiger partial charge on any atom is -0.356 e. The van der Waals surface area contributed by atoms with Gasteiger partial charge in [-0.1, -0.05) is 30.3 Å². The summed E-state index contributed by atoms with van der Waals surface area (Å²) >= 11 is 1.64. The van der Waals surface area contributed by atoms with E-state index < -0.39 is 0 Å². The normalized spacial score (nSPS) is 19.0. The Kier molecular flexibility index (Phi) is 5.58. The Labute approximate surface area is 164 Å². The van der Waals surface area contributed by atoms with Crippen LogP contribution in [-0.2, 0) is 24.1 Å². The molecule has 1 aromatic heterocycles. The molecule has 5 heteroatoms. The predicted octanol–water partition coefficient (Wildman–Crippen LogP) is 3.45. The Hall–Kier alpha value is -2.14. The second-order valence-electron chi connectivity index (χ2n) is 7.52. The van der Waals surface area contributed by atoms with Crippen molar-refractivity contribution >= 4 is 23.2 Å². The molecule has 4 nitrogen and oxygen atoms in total. The van der Waals surface area contributed by atoms with Gasteiger partial charge in [-0.05, 0) is 55.7 Å². The van der Waals surface area contributed by atoms with E-state index in [1.807, 2.05) is 29.2 Å². The van der Waals surface area contributed by atoms with Gasteiger partial charge in [0.2, 0.25) is 5.91 Å². The third kappa shape index (κ3) is 4.24. The van der Waals surface area contributed by atoms with Crippen LogP contribution in [0.25, 0.3) is 0 Å². The number of benzene rings is 1. The highest BCUT2D eigenvalue weighted by atomic mass is 32.1. The molecule has 0 radical (unpaired) electrons. The van der Waals surface area contributed by atoms with E-state index in [-0.39, 0.29) is 17.7 Å². The summed E-state index contributed by atoms with van der Waals surface area (Å²) in [6.07, 6.45) is 5.63. The number of thiophene rings is 1. The minimum atomic E-state index is 0.0256. The molecule has 27 heavy (non-hydrogen) atoms. The van der Waals surface area contributed by atoms with Gasteiger partial charge < -0.3 is 10.2 Å². The van der Waals surface area contributed by atoms with Gasteiger partial charge in [0.05, 0.1) is 4.88 Å². The zero-order valence-electron chi connectivity index (χ0n) is 15.6. The van der Waals surface area contributed by atoms with Gasteiger partial charge in [-0.3, -0.25) is 9.59 Å². The lowest BCUT2D eigenvalue weighted by molar-refractivity contribution is -0.125.